The molecule has 0 aliphatic rings. The Kier molecular flexibility index (Phi) is 2.20. The average molecular weight is 191 g/mol. The van der Waals surface area contributed by atoms with Gasteiger partial charge in [0, 0.05) is 11.5 Å². The molecule has 0 saturated heterocycles. The Morgan fingerprint density at radius 2 is 2.07 bits per heavy atom. The Hall–Kier alpha value is -1.81. The van der Waals surface area contributed by atoms with E-state index in [-0.39, 0.29) is 5.88 Å². The van der Waals surface area contributed by atoms with Crippen molar-refractivity contribution in [1.29, 1.82) is 0 Å². The molecule has 0 unspecified atom stereocenters. The summed E-state index contributed by atoms with van der Waals surface area (Å²) in [7, 11) is 0. The summed E-state index contributed by atoms with van der Waals surface area (Å²) in [4.78, 5) is 3.91. The molecule has 72 valence electrons. The van der Waals surface area contributed by atoms with Gasteiger partial charge in [0.1, 0.15) is 11.3 Å². The van der Waals surface area contributed by atoms with Crippen molar-refractivity contribution in [3.8, 4) is 11.6 Å². The molecule has 0 aliphatic heterocycles. The third kappa shape index (κ3) is 1.47. The van der Waals surface area contributed by atoms with Crippen LogP contribution in [0.15, 0.2) is 30.3 Å². The lowest BCUT2D eigenvalue weighted by Crippen LogP contribution is -1.95. The minimum atomic E-state index is -0.406. The highest BCUT2D eigenvalue weighted by Gasteiger charge is 2.03. The van der Waals surface area contributed by atoms with E-state index in [2.05, 4.69) is 4.98 Å². The Morgan fingerprint density at radius 3 is 2.86 bits per heavy atom. The van der Waals surface area contributed by atoms with E-state index in [0.717, 1.165) is 5.39 Å². The van der Waals surface area contributed by atoms with Gasteiger partial charge in [0.25, 0.3) is 0 Å². The molecule has 14 heavy (non-hydrogen) atoms. The minimum Gasteiger partial charge on any atom is -0.493 e. The van der Waals surface area contributed by atoms with Gasteiger partial charge in [-0.2, -0.15) is 0 Å². The van der Waals surface area contributed by atoms with E-state index in [1.807, 2.05) is 6.07 Å². The number of aromatic nitrogens is 1. The van der Waals surface area contributed by atoms with Crippen molar-refractivity contribution in [3.63, 3.8) is 0 Å². The molecule has 0 saturated carbocycles. The number of aliphatic hydroxyl groups excluding tert-OH is 1. The van der Waals surface area contributed by atoms with Crippen LogP contribution in [0.2, 0.25) is 0 Å². The fourth-order valence-electron chi connectivity index (χ4n) is 1.30. The van der Waals surface area contributed by atoms with Gasteiger partial charge in [-0.05, 0) is 12.1 Å². The maximum atomic E-state index is 9.19. The molecule has 0 fully saturated rings. The molecule has 0 atom stereocenters. The molecule has 0 spiro atoms. The number of pyridine rings is 1. The normalized spacial score (nSPS) is 10.4. The van der Waals surface area contributed by atoms with Crippen molar-refractivity contribution in [2.75, 3.05) is 6.79 Å². The van der Waals surface area contributed by atoms with Gasteiger partial charge in [-0.1, -0.05) is 12.1 Å². The second-order valence-electron chi connectivity index (χ2n) is 2.77. The van der Waals surface area contributed by atoms with Gasteiger partial charge in [-0.15, -0.1) is 0 Å². The number of hydrogen-bond acceptors (Lipinski definition) is 4. The highest BCUT2D eigenvalue weighted by Crippen LogP contribution is 2.25. The molecule has 2 N–H and O–H groups in total. The first-order valence-corrected chi connectivity index (χ1v) is 4.13. The fraction of sp³-hybridized carbons (Fsp3) is 0.100. The van der Waals surface area contributed by atoms with Crippen molar-refractivity contribution in [2.45, 2.75) is 0 Å². The van der Waals surface area contributed by atoms with Crippen LogP contribution in [0.4, 0.5) is 0 Å². The van der Waals surface area contributed by atoms with Gasteiger partial charge in [-0.3, -0.25) is 0 Å². The number of aliphatic hydroxyl groups is 1. The summed E-state index contributed by atoms with van der Waals surface area (Å²) in [5, 5.41) is 18.7. The molecule has 2 aromatic rings. The molecule has 1 aromatic carbocycles. The van der Waals surface area contributed by atoms with Crippen molar-refractivity contribution in [2.24, 2.45) is 0 Å². The van der Waals surface area contributed by atoms with E-state index < -0.39 is 6.79 Å². The van der Waals surface area contributed by atoms with Gasteiger partial charge >= 0.3 is 0 Å². The standard InChI is InChI=1S/C10H9NO3/c12-6-14-8-3-1-2-7-4-5-9(13)11-10(7)8/h1-5,12H,6H2,(H,11,13). The largest absolute Gasteiger partial charge is 0.493 e. The lowest BCUT2D eigenvalue weighted by Gasteiger charge is -2.05. The lowest BCUT2D eigenvalue weighted by molar-refractivity contribution is 0.0998. The maximum absolute atomic E-state index is 9.19. The molecular weight excluding hydrogens is 182 g/mol. The van der Waals surface area contributed by atoms with E-state index in [1.54, 1.807) is 18.2 Å². The maximum Gasteiger partial charge on any atom is 0.211 e. The predicted octanol–water partition coefficient (Wildman–Crippen LogP) is 1.27. The highest BCUT2D eigenvalue weighted by molar-refractivity contribution is 5.84. The van der Waals surface area contributed by atoms with Crippen LogP contribution in [0.3, 0.4) is 0 Å². The monoisotopic (exact) mass is 191 g/mol. The smallest absolute Gasteiger partial charge is 0.211 e. The first-order chi connectivity index (χ1) is 6.81. The van der Waals surface area contributed by atoms with Gasteiger partial charge in [0.05, 0.1) is 0 Å². The summed E-state index contributed by atoms with van der Waals surface area (Å²) in [5.41, 5.74) is 0.543. The quantitative estimate of drug-likeness (QED) is 0.701. The SMILES string of the molecule is OCOc1cccc2ccc(O)nc12. The Labute approximate surface area is 80.4 Å². The van der Waals surface area contributed by atoms with Crippen LogP contribution in [0.1, 0.15) is 0 Å². The molecule has 2 rings (SSSR count). The average Bonchev–Trinajstić information content (AvgIpc) is 2.19. The van der Waals surface area contributed by atoms with Crippen LogP contribution >= 0.6 is 0 Å². The Bertz CT molecular complexity index is 456. The molecule has 4 nitrogen and oxygen atoms in total. The summed E-state index contributed by atoms with van der Waals surface area (Å²) in [6, 6.07) is 8.58. The van der Waals surface area contributed by atoms with Gasteiger partial charge in [-0.25, -0.2) is 4.98 Å². The summed E-state index contributed by atoms with van der Waals surface area (Å²) in [6.07, 6.45) is 0. The van der Waals surface area contributed by atoms with Crippen LogP contribution in [0, 0.1) is 0 Å². The molecule has 0 amide bonds. The van der Waals surface area contributed by atoms with Crippen molar-refractivity contribution in [1.82, 2.24) is 4.98 Å². The third-order valence-electron chi connectivity index (χ3n) is 1.89. The van der Waals surface area contributed by atoms with Crippen LogP contribution in [0.5, 0.6) is 11.6 Å². The fourth-order valence-corrected chi connectivity index (χ4v) is 1.30. The zero-order valence-electron chi connectivity index (χ0n) is 7.34. The number of hydrogen-bond donors (Lipinski definition) is 2. The minimum absolute atomic E-state index is 0.0634. The number of benzene rings is 1. The predicted molar refractivity (Wildman–Crippen MR) is 51.1 cm³/mol. The van der Waals surface area contributed by atoms with Crippen LogP contribution in [0.25, 0.3) is 10.9 Å². The second kappa shape index (κ2) is 3.51. The number of rotatable bonds is 2. The van der Waals surface area contributed by atoms with E-state index >= 15 is 0 Å². The summed E-state index contributed by atoms with van der Waals surface area (Å²) in [6.45, 7) is -0.406. The molecule has 1 aromatic heterocycles. The van der Waals surface area contributed by atoms with E-state index in [9.17, 15) is 5.11 Å². The van der Waals surface area contributed by atoms with Crippen molar-refractivity contribution in [3.05, 3.63) is 30.3 Å². The molecule has 4 heteroatoms. The zero-order valence-corrected chi connectivity index (χ0v) is 7.34. The number of fused-ring (bicyclic) bond motifs is 1. The van der Waals surface area contributed by atoms with Crippen LogP contribution in [-0.4, -0.2) is 22.0 Å². The Balaban J connectivity index is 2.64. The van der Waals surface area contributed by atoms with Crippen LogP contribution in [-0.2, 0) is 0 Å². The third-order valence-corrected chi connectivity index (χ3v) is 1.89. The second-order valence-corrected chi connectivity index (χ2v) is 2.77. The number of nitrogens with zero attached hydrogens (tertiary/aromatic N) is 1. The molecule has 0 aliphatic carbocycles. The number of para-hydroxylation sites is 1. The summed E-state index contributed by atoms with van der Waals surface area (Å²) in [5.74, 6) is 0.396. The number of ether oxygens (including phenoxy) is 1. The summed E-state index contributed by atoms with van der Waals surface area (Å²) < 4.78 is 4.96. The first-order valence-electron chi connectivity index (χ1n) is 4.13. The number of aromatic hydroxyl groups is 1. The first kappa shape index (κ1) is 8.77. The zero-order chi connectivity index (χ0) is 9.97. The van der Waals surface area contributed by atoms with Gasteiger partial charge in [0.2, 0.25) is 5.88 Å². The molecule has 0 bridgehead atoms. The van der Waals surface area contributed by atoms with E-state index in [1.165, 1.54) is 6.07 Å². The summed E-state index contributed by atoms with van der Waals surface area (Å²) >= 11 is 0. The van der Waals surface area contributed by atoms with Crippen molar-refractivity contribution >= 4 is 10.9 Å². The van der Waals surface area contributed by atoms with Gasteiger partial charge < -0.3 is 14.9 Å². The molecule has 1 heterocycles. The molecule has 0 radical (unpaired) electrons. The topological polar surface area (TPSA) is 62.6 Å². The van der Waals surface area contributed by atoms with Crippen LogP contribution < -0.4 is 4.74 Å². The lowest BCUT2D eigenvalue weighted by atomic mass is 10.2. The Morgan fingerprint density at radius 1 is 1.21 bits per heavy atom. The van der Waals surface area contributed by atoms with E-state index in [4.69, 9.17) is 9.84 Å². The highest BCUT2D eigenvalue weighted by atomic mass is 16.6. The van der Waals surface area contributed by atoms with Crippen molar-refractivity contribution < 1.29 is 14.9 Å². The van der Waals surface area contributed by atoms with Gasteiger partial charge in [0.15, 0.2) is 6.79 Å². The van der Waals surface area contributed by atoms with E-state index in [0.29, 0.717) is 11.3 Å². The molecular formula is C10H9NO3.